The zero-order valence-corrected chi connectivity index (χ0v) is 13.1. The molecule has 7 heteroatoms. The van der Waals surface area contributed by atoms with E-state index in [1.54, 1.807) is 6.07 Å². The highest BCUT2D eigenvalue weighted by molar-refractivity contribution is 9.10. The number of benzene rings is 2. The molecular formula is C13H9Br2F3N2. The largest absolute Gasteiger partial charge is 0.271 e. The highest BCUT2D eigenvalue weighted by Gasteiger charge is 2.24. The van der Waals surface area contributed by atoms with Crippen LogP contribution in [0.2, 0.25) is 0 Å². The van der Waals surface area contributed by atoms with Crippen LogP contribution in [-0.2, 0) is 0 Å². The van der Waals surface area contributed by atoms with Gasteiger partial charge in [0, 0.05) is 15.6 Å². The average Bonchev–Trinajstić information content (AvgIpc) is 2.37. The SMILES string of the molecule is NNC(c1cccc(Br)c1F)c1c(F)cc(Br)cc1F. The van der Waals surface area contributed by atoms with E-state index in [1.807, 2.05) is 0 Å². The lowest BCUT2D eigenvalue weighted by Gasteiger charge is -2.19. The summed E-state index contributed by atoms with van der Waals surface area (Å²) in [6, 6.07) is 5.51. The summed E-state index contributed by atoms with van der Waals surface area (Å²) in [4.78, 5) is 0. The number of hydrogen-bond acceptors (Lipinski definition) is 2. The Balaban J connectivity index is 2.62. The first-order valence-electron chi connectivity index (χ1n) is 5.50. The Hall–Kier alpha value is -0.890. The van der Waals surface area contributed by atoms with Gasteiger partial charge in [-0.05, 0) is 34.1 Å². The monoisotopic (exact) mass is 408 g/mol. The number of nitrogens with two attached hydrogens (primary N) is 1. The number of hydrazine groups is 1. The van der Waals surface area contributed by atoms with Crippen LogP contribution in [0.3, 0.4) is 0 Å². The van der Waals surface area contributed by atoms with Gasteiger partial charge in [0.1, 0.15) is 17.5 Å². The first-order chi connectivity index (χ1) is 9.45. The second-order valence-electron chi connectivity index (χ2n) is 4.03. The topological polar surface area (TPSA) is 38.0 Å². The molecule has 0 radical (unpaired) electrons. The predicted octanol–water partition coefficient (Wildman–Crippen LogP) is 4.18. The molecule has 1 unspecified atom stereocenters. The molecule has 0 aliphatic heterocycles. The second-order valence-corrected chi connectivity index (χ2v) is 5.80. The van der Waals surface area contributed by atoms with Gasteiger partial charge in [-0.1, -0.05) is 28.1 Å². The molecule has 2 rings (SSSR count). The molecule has 3 N–H and O–H groups in total. The van der Waals surface area contributed by atoms with Crippen molar-refractivity contribution >= 4 is 31.9 Å². The number of rotatable bonds is 3. The van der Waals surface area contributed by atoms with Crippen molar-refractivity contribution in [2.75, 3.05) is 0 Å². The van der Waals surface area contributed by atoms with Crippen molar-refractivity contribution in [3.63, 3.8) is 0 Å². The Bertz CT molecular complexity index is 627. The zero-order valence-electron chi connectivity index (χ0n) is 9.93. The summed E-state index contributed by atoms with van der Waals surface area (Å²) in [6.07, 6.45) is 0. The smallest absolute Gasteiger partial charge is 0.142 e. The lowest BCUT2D eigenvalue weighted by molar-refractivity contribution is 0.493. The van der Waals surface area contributed by atoms with Gasteiger partial charge in [0.05, 0.1) is 10.5 Å². The zero-order chi connectivity index (χ0) is 14.9. The van der Waals surface area contributed by atoms with E-state index in [1.165, 1.54) is 12.1 Å². The maximum absolute atomic E-state index is 14.1. The van der Waals surface area contributed by atoms with Gasteiger partial charge in [0.15, 0.2) is 0 Å². The van der Waals surface area contributed by atoms with Gasteiger partial charge in [-0.25, -0.2) is 18.6 Å². The van der Waals surface area contributed by atoms with E-state index in [0.717, 1.165) is 12.1 Å². The molecule has 1 atom stereocenters. The molecule has 2 aromatic carbocycles. The van der Waals surface area contributed by atoms with Crippen LogP contribution in [0, 0.1) is 17.5 Å². The lowest BCUT2D eigenvalue weighted by atomic mass is 9.98. The predicted molar refractivity (Wildman–Crippen MR) is 77.3 cm³/mol. The Labute approximate surface area is 130 Å². The standard InChI is InChI=1S/C13H9Br2F3N2/c14-6-4-9(16)11(10(17)5-6)13(20-19)7-2-1-3-8(15)12(7)18/h1-5,13,20H,19H2. The molecule has 0 aliphatic rings. The molecule has 0 heterocycles. The summed E-state index contributed by atoms with van der Waals surface area (Å²) >= 11 is 6.01. The Morgan fingerprint density at radius 2 is 1.65 bits per heavy atom. The van der Waals surface area contributed by atoms with Gasteiger partial charge >= 0.3 is 0 Å². The summed E-state index contributed by atoms with van der Waals surface area (Å²) < 4.78 is 42.4. The molecule has 0 spiro atoms. The molecule has 2 nitrogen and oxygen atoms in total. The molecule has 0 fully saturated rings. The normalized spacial score (nSPS) is 12.5. The van der Waals surface area contributed by atoms with Crippen LogP contribution in [0.25, 0.3) is 0 Å². The van der Waals surface area contributed by atoms with E-state index in [0.29, 0.717) is 0 Å². The fourth-order valence-corrected chi connectivity index (χ4v) is 2.68. The summed E-state index contributed by atoms with van der Waals surface area (Å²) in [5.74, 6) is 3.09. The molecule has 0 aromatic heterocycles. The molecule has 0 amide bonds. The van der Waals surface area contributed by atoms with Gasteiger partial charge in [0.2, 0.25) is 0 Å². The number of nitrogens with one attached hydrogen (secondary N) is 1. The van der Waals surface area contributed by atoms with Crippen molar-refractivity contribution in [2.45, 2.75) is 6.04 Å². The minimum absolute atomic E-state index is 0.0435. The summed E-state index contributed by atoms with van der Waals surface area (Å²) in [5.41, 5.74) is 1.95. The number of halogens is 5. The van der Waals surface area contributed by atoms with E-state index in [-0.39, 0.29) is 20.1 Å². The molecule has 2 aromatic rings. The van der Waals surface area contributed by atoms with Crippen molar-refractivity contribution in [2.24, 2.45) is 5.84 Å². The minimum Gasteiger partial charge on any atom is -0.271 e. The van der Waals surface area contributed by atoms with Gasteiger partial charge in [-0.15, -0.1) is 0 Å². The molecule has 0 saturated carbocycles. The molecule has 0 saturated heterocycles. The van der Waals surface area contributed by atoms with E-state index < -0.39 is 23.5 Å². The Kier molecular flexibility index (Phi) is 4.85. The van der Waals surface area contributed by atoms with Gasteiger partial charge < -0.3 is 0 Å². The van der Waals surface area contributed by atoms with Crippen LogP contribution in [0.1, 0.15) is 17.2 Å². The molecule has 20 heavy (non-hydrogen) atoms. The third-order valence-corrected chi connectivity index (χ3v) is 3.86. The Morgan fingerprint density at radius 3 is 2.20 bits per heavy atom. The summed E-state index contributed by atoms with van der Waals surface area (Å²) in [5, 5.41) is 0. The van der Waals surface area contributed by atoms with E-state index in [2.05, 4.69) is 37.3 Å². The lowest BCUT2D eigenvalue weighted by Crippen LogP contribution is -2.31. The quantitative estimate of drug-likeness (QED) is 0.589. The molecule has 0 aliphatic carbocycles. The van der Waals surface area contributed by atoms with Crippen LogP contribution < -0.4 is 11.3 Å². The van der Waals surface area contributed by atoms with Crippen LogP contribution in [0.15, 0.2) is 39.3 Å². The van der Waals surface area contributed by atoms with Crippen LogP contribution >= 0.6 is 31.9 Å². The first kappa shape index (κ1) is 15.5. The van der Waals surface area contributed by atoms with Crippen LogP contribution in [0.5, 0.6) is 0 Å². The minimum atomic E-state index is -1.14. The Morgan fingerprint density at radius 1 is 1.05 bits per heavy atom. The van der Waals surface area contributed by atoms with E-state index >= 15 is 0 Å². The summed E-state index contributed by atoms with van der Waals surface area (Å²) in [7, 11) is 0. The van der Waals surface area contributed by atoms with Gasteiger partial charge in [-0.3, -0.25) is 5.84 Å². The molecular weight excluding hydrogens is 401 g/mol. The maximum atomic E-state index is 14.1. The fraction of sp³-hybridized carbons (Fsp3) is 0.0769. The van der Waals surface area contributed by atoms with E-state index in [9.17, 15) is 13.2 Å². The van der Waals surface area contributed by atoms with Crippen molar-refractivity contribution in [3.05, 3.63) is 67.9 Å². The van der Waals surface area contributed by atoms with Gasteiger partial charge in [-0.2, -0.15) is 0 Å². The molecule has 106 valence electrons. The van der Waals surface area contributed by atoms with Crippen molar-refractivity contribution < 1.29 is 13.2 Å². The molecule has 0 bridgehead atoms. The van der Waals surface area contributed by atoms with Crippen LogP contribution in [0.4, 0.5) is 13.2 Å². The maximum Gasteiger partial charge on any atom is 0.142 e. The number of hydrogen-bond donors (Lipinski definition) is 2. The van der Waals surface area contributed by atoms with Crippen LogP contribution in [-0.4, -0.2) is 0 Å². The first-order valence-corrected chi connectivity index (χ1v) is 7.08. The van der Waals surface area contributed by atoms with Crippen molar-refractivity contribution in [3.8, 4) is 0 Å². The fourth-order valence-electron chi connectivity index (χ4n) is 1.90. The van der Waals surface area contributed by atoms with Crippen molar-refractivity contribution in [1.29, 1.82) is 0 Å². The van der Waals surface area contributed by atoms with E-state index in [4.69, 9.17) is 5.84 Å². The van der Waals surface area contributed by atoms with Crippen molar-refractivity contribution in [1.82, 2.24) is 5.43 Å². The third-order valence-electron chi connectivity index (χ3n) is 2.79. The summed E-state index contributed by atoms with van der Waals surface area (Å²) in [6.45, 7) is 0. The van der Waals surface area contributed by atoms with Gasteiger partial charge in [0.25, 0.3) is 0 Å². The third kappa shape index (κ3) is 2.90. The highest BCUT2D eigenvalue weighted by atomic mass is 79.9. The average molecular weight is 410 g/mol. The second kappa shape index (κ2) is 6.26. The highest BCUT2D eigenvalue weighted by Crippen LogP contribution is 2.32.